The highest BCUT2D eigenvalue weighted by Crippen LogP contribution is 2.56. The summed E-state index contributed by atoms with van der Waals surface area (Å²) in [7, 11) is -1.72. The van der Waals surface area contributed by atoms with E-state index in [4.69, 9.17) is 9.16 Å². The Balaban J connectivity index is 1.82. The molecule has 0 aromatic carbocycles. The van der Waals surface area contributed by atoms with Gasteiger partial charge in [0.05, 0.1) is 18.1 Å². The molecule has 1 amide bonds. The summed E-state index contributed by atoms with van der Waals surface area (Å²) in [5, 5.41) is 0. The lowest BCUT2D eigenvalue weighted by atomic mass is 9.78. The van der Waals surface area contributed by atoms with E-state index in [0.29, 0.717) is 5.70 Å². The summed E-state index contributed by atoms with van der Waals surface area (Å²) in [5.41, 5.74) is 0.468. The fraction of sp³-hybridized carbons (Fsp3) is 0.647. The predicted molar refractivity (Wildman–Crippen MR) is 96.8 cm³/mol. The quantitative estimate of drug-likeness (QED) is 0.313. The van der Waals surface area contributed by atoms with E-state index in [1.807, 2.05) is 6.92 Å². The Bertz CT molecular complexity index is 612. The topological polar surface area (TPSA) is 55.8 Å². The first kappa shape index (κ1) is 17.8. The Hall–Kier alpha value is -1.05. The summed E-state index contributed by atoms with van der Waals surface area (Å²) in [6.45, 7) is 12.1. The molecule has 0 aromatic rings. The number of hydrogen-bond donors (Lipinski definition) is 0. The van der Waals surface area contributed by atoms with Crippen LogP contribution in [0.5, 0.6) is 0 Å². The minimum Gasteiger partial charge on any atom is -0.457 e. The number of carbonyl (C=O) groups is 2. The standard InChI is InChI=1S/C17H25NO4SSi/c1-6-8-21-17(20)14-15-11(7-9-23-15)13-12(16(19)18(13)14)10(2)22-24(3,4)5/h6,10-13H,1,7-9H2,2-5H3/t10-,11-,12-,13-/m1/s1. The van der Waals surface area contributed by atoms with Crippen LogP contribution in [0, 0.1) is 11.8 Å². The summed E-state index contributed by atoms with van der Waals surface area (Å²) in [4.78, 5) is 27.9. The molecule has 3 aliphatic heterocycles. The minimum absolute atomic E-state index is 0.00111. The number of rotatable bonds is 6. The van der Waals surface area contributed by atoms with Gasteiger partial charge in [0.25, 0.3) is 0 Å². The highest BCUT2D eigenvalue weighted by atomic mass is 32.2. The molecule has 7 heteroatoms. The number of thioether (sulfide) groups is 1. The van der Waals surface area contributed by atoms with Gasteiger partial charge in [-0.2, -0.15) is 0 Å². The van der Waals surface area contributed by atoms with Crippen LogP contribution in [0.15, 0.2) is 23.3 Å². The van der Waals surface area contributed by atoms with Crippen LogP contribution in [0.4, 0.5) is 0 Å². The Morgan fingerprint density at radius 1 is 1.50 bits per heavy atom. The molecular weight excluding hydrogens is 342 g/mol. The fourth-order valence-electron chi connectivity index (χ4n) is 3.96. The van der Waals surface area contributed by atoms with Crippen molar-refractivity contribution in [3.8, 4) is 0 Å². The number of carbonyl (C=O) groups excluding carboxylic acids is 2. The Labute approximate surface area is 148 Å². The van der Waals surface area contributed by atoms with Crippen LogP contribution in [-0.2, 0) is 18.8 Å². The van der Waals surface area contributed by atoms with Gasteiger partial charge in [-0.05, 0) is 38.7 Å². The lowest BCUT2D eigenvalue weighted by Crippen LogP contribution is -2.65. The van der Waals surface area contributed by atoms with Gasteiger partial charge in [-0.25, -0.2) is 4.79 Å². The number of nitrogens with zero attached hydrogens (tertiary/aromatic N) is 1. The second-order valence-corrected chi connectivity index (χ2v) is 13.1. The number of esters is 1. The lowest BCUT2D eigenvalue weighted by molar-refractivity contribution is -0.163. The third-order valence-electron chi connectivity index (χ3n) is 4.67. The minimum atomic E-state index is -1.72. The zero-order chi connectivity index (χ0) is 17.6. The van der Waals surface area contributed by atoms with Gasteiger partial charge in [-0.3, -0.25) is 4.79 Å². The van der Waals surface area contributed by atoms with Crippen LogP contribution >= 0.6 is 11.8 Å². The summed E-state index contributed by atoms with van der Waals surface area (Å²) in [6.07, 6.45) is 2.43. The van der Waals surface area contributed by atoms with Crippen LogP contribution in [0.3, 0.4) is 0 Å². The molecule has 4 atom stereocenters. The van der Waals surface area contributed by atoms with Gasteiger partial charge in [0.2, 0.25) is 5.91 Å². The van der Waals surface area contributed by atoms with Crippen LogP contribution in [-0.4, -0.2) is 49.6 Å². The highest BCUT2D eigenvalue weighted by molar-refractivity contribution is 8.03. The third kappa shape index (κ3) is 2.86. The van der Waals surface area contributed by atoms with Gasteiger partial charge in [-0.1, -0.05) is 12.7 Å². The number of β-lactam (4-membered cyclic amide) rings is 1. The molecule has 0 bridgehead atoms. The number of hydrogen-bond acceptors (Lipinski definition) is 5. The molecule has 132 valence electrons. The largest absolute Gasteiger partial charge is 0.457 e. The molecule has 3 heterocycles. The summed E-state index contributed by atoms with van der Waals surface area (Å²) < 4.78 is 11.4. The maximum Gasteiger partial charge on any atom is 0.356 e. The second-order valence-electron chi connectivity index (χ2n) is 7.50. The van der Waals surface area contributed by atoms with Gasteiger partial charge in [0.15, 0.2) is 8.32 Å². The molecule has 0 unspecified atom stereocenters. The van der Waals surface area contributed by atoms with E-state index < -0.39 is 14.3 Å². The Kier molecular flexibility index (Phi) is 4.70. The van der Waals surface area contributed by atoms with Crippen molar-refractivity contribution in [2.45, 2.75) is 45.1 Å². The van der Waals surface area contributed by atoms with E-state index in [-0.39, 0.29) is 36.5 Å². The van der Waals surface area contributed by atoms with Crippen molar-refractivity contribution in [1.29, 1.82) is 0 Å². The fourth-order valence-corrected chi connectivity index (χ4v) is 6.60. The van der Waals surface area contributed by atoms with E-state index in [1.165, 1.54) is 0 Å². The van der Waals surface area contributed by atoms with E-state index in [0.717, 1.165) is 17.1 Å². The van der Waals surface area contributed by atoms with Crippen LogP contribution < -0.4 is 0 Å². The predicted octanol–water partition coefficient (Wildman–Crippen LogP) is 2.76. The first-order chi connectivity index (χ1) is 11.3. The normalized spacial score (nSPS) is 29.9. The smallest absolute Gasteiger partial charge is 0.356 e. The van der Waals surface area contributed by atoms with E-state index in [1.54, 1.807) is 22.7 Å². The number of fused-ring (bicyclic) bond motifs is 3. The molecule has 5 nitrogen and oxygen atoms in total. The first-order valence-electron chi connectivity index (χ1n) is 8.42. The van der Waals surface area contributed by atoms with Crippen molar-refractivity contribution < 1.29 is 18.8 Å². The van der Waals surface area contributed by atoms with Gasteiger partial charge < -0.3 is 14.1 Å². The molecule has 0 saturated carbocycles. The monoisotopic (exact) mass is 367 g/mol. The molecule has 24 heavy (non-hydrogen) atoms. The Morgan fingerprint density at radius 3 is 2.83 bits per heavy atom. The zero-order valence-electron chi connectivity index (χ0n) is 14.7. The SMILES string of the molecule is C=CCOC(=O)C1=C2SCC[C@@H]2[C@@H]2[C@@H]([C@@H](C)O[Si](C)(C)C)C(=O)N12. The van der Waals surface area contributed by atoms with Crippen molar-refractivity contribution in [3.63, 3.8) is 0 Å². The van der Waals surface area contributed by atoms with E-state index >= 15 is 0 Å². The molecule has 0 aromatic heterocycles. The van der Waals surface area contributed by atoms with Crippen molar-refractivity contribution >= 4 is 32.0 Å². The molecule has 0 radical (unpaired) electrons. The van der Waals surface area contributed by atoms with Crippen molar-refractivity contribution in [1.82, 2.24) is 4.90 Å². The van der Waals surface area contributed by atoms with Gasteiger partial charge >= 0.3 is 5.97 Å². The molecule has 3 rings (SSSR count). The molecule has 0 N–H and O–H groups in total. The molecule has 0 aliphatic carbocycles. The molecular formula is C17H25NO4SSi. The van der Waals surface area contributed by atoms with Crippen LogP contribution in [0.1, 0.15) is 13.3 Å². The molecule has 3 aliphatic rings. The Morgan fingerprint density at radius 2 is 2.21 bits per heavy atom. The van der Waals surface area contributed by atoms with Crippen LogP contribution in [0.2, 0.25) is 19.6 Å². The van der Waals surface area contributed by atoms with E-state index in [9.17, 15) is 9.59 Å². The summed E-state index contributed by atoms with van der Waals surface area (Å²) in [5.74, 6) is 0.695. The van der Waals surface area contributed by atoms with Crippen molar-refractivity contribution in [3.05, 3.63) is 23.3 Å². The van der Waals surface area contributed by atoms with E-state index in [2.05, 4.69) is 26.2 Å². The first-order valence-corrected chi connectivity index (χ1v) is 12.8. The zero-order valence-corrected chi connectivity index (χ0v) is 16.5. The maximum atomic E-state index is 12.8. The van der Waals surface area contributed by atoms with Gasteiger partial charge in [0.1, 0.15) is 12.3 Å². The van der Waals surface area contributed by atoms with Gasteiger partial charge in [-0.15, -0.1) is 11.8 Å². The summed E-state index contributed by atoms with van der Waals surface area (Å²) in [6, 6.07) is 0.0557. The lowest BCUT2D eigenvalue weighted by Gasteiger charge is -2.48. The van der Waals surface area contributed by atoms with Crippen molar-refractivity contribution in [2.75, 3.05) is 12.4 Å². The second kappa shape index (κ2) is 6.35. The molecule has 2 saturated heterocycles. The molecule has 0 spiro atoms. The number of amides is 1. The van der Waals surface area contributed by atoms with Gasteiger partial charge in [0, 0.05) is 10.8 Å². The average Bonchev–Trinajstić information content (AvgIpc) is 3.01. The third-order valence-corrected chi connectivity index (χ3v) is 7.00. The van der Waals surface area contributed by atoms with Crippen LogP contribution in [0.25, 0.3) is 0 Å². The average molecular weight is 368 g/mol. The summed E-state index contributed by atoms with van der Waals surface area (Å²) >= 11 is 1.69. The maximum absolute atomic E-state index is 12.8. The van der Waals surface area contributed by atoms with Crippen molar-refractivity contribution in [2.24, 2.45) is 11.8 Å². The highest BCUT2D eigenvalue weighted by Gasteiger charge is 2.62. The molecule has 2 fully saturated rings. The number of ether oxygens (including phenoxy) is 1.